The van der Waals surface area contributed by atoms with Crippen molar-refractivity contribution in [2.24, 2.45) is 0 Å². The number of pyridine rings is 1. The average molecular weight is 456 g/mol. The van der Waals surface area contributed by atoms with Gasteiger partial charge in [-0.3, -0.25) is 9.78 Å². The standard InChI is InChI=1S/C23H29N5O5/c1-30-9-7-24-20-5-4-15-14-28(8-6-17(15)25-20)23-26-18-12-16(32-3)13-19(33-11-10-31-2)21(18)22(29)27-23/h4-5,12-13H,6-11,14H2,1-3H3,(H,24,25)(H,26,27,29). The van der Waals surface area contributed by atoms with E-state index in [0.717, 1.165) is 23.5 Å². The molecule has 1 aliphatic rings. The average Bonchev–Trinajstić information content (AvgIpc) is 2.83. The van der Waals surface area contributed by atoms with Crippen LogP contribution in [0, 0.1) is 0 Å². The highest BCUT2D eigenvalue weighted by Crippen LogP contribution is 2.30. The monoisotopic (exact) mass is 455 g/mol. The normalized spacial score (nSPS) is 13.1. The highest BCUT2D eigenvalue weighted by molar-refractivity contribution is 5.86. The Morgan fingerprint density at radius 2 is 1.94 bits per heavy atom. The van der Waals surface area contributed by atoms with Gasteiger partial charge in [-0.25, -0.2) is 9.97 Å². The number of rotatable bonds is 10. The van der Waals surface area contributed by atoms with Crippen LogP contribution in [0.1, 0.15) is 11.3 Å². The number of aromatic nitrogens is 3. The number of hydrogen-bond acceptors (Lipinski definition) is 9. The first-order valence-corrected chi connectivity index (χ1v) is 10.8. The Morgan fingerprint density at radius 1 is 1.09 bits per heavy atom. The molecule has 0 aliphatic carbocycles. The zero-order valence-corrected chi connectivity index (χ0v) is 19.1. The molecular formula is C23H29N5O5. The first-order chi connectivity index (χ1) is 16.1. The van der Waals surface area contributed by atoms with Crippen LogP contribution >= 0.6 is 0 Å². The Labute approximate surface area is 191 Å². The number of ether oxygens (including phenoxy) is 4. The smallest absolute Gasteiger partial charge is 0.263 e. The van der Waals surface area contributed by atoms with Crippen LogP contribution in [0.3, 0.4) is 0 Å². The van der Waals surface area contributed by atoms with Gasteiger partial charge in [-0.05, 0) is 11.6 Å². The van der Waals surface area contributed by atoms with Crippen molar-refractivity contribution in [2.75, 3.05) is 64.5 Å². The SMILES string of the molecule is COCCNc1ccc2c(n1)CCN(c1nc3cc(OC)cc(OCCOC)c3c(=O)[nH]1)C2. The van der Waals surface area contributed by atoms with Crippen molar-refractivity contribution in [3.05, 3.63) is 45.9 Å². The van der Waals surface area contributed by atoms with Crippen LogP contribution in [0.2, 0.25) is 0 Å². The zero-order valence-electron chi connectivity index (χ0n) is 19.1. The number of benzene rings is 1. The van der Waals surface area contributed by atoms with E-state index in [1.807, 2.05) is 11.0 Å². The molecule has 0 saturated carbocycles. The third-order valence-electron chi connectivity index (χ3n) is 5.47. The number of aromatic amines is 1. The number of anilines is 2. The molecular weight excluding hydrogens is 426 g/mol. The molecule has 0 spiro atoms. The largest absolute Gasteiger partial charge is 0.497 e. The Hall–Kier alpha value is -3.37. The Morgan fingerprint density at radius 3 is 2.73 bits per heavy atom. The lowest BCUT2D eigenvalue weighted by molar-refractivity contribution is 0.147. The Balaban J connectivity index is 1.59. The number of fused-ring (bicyclic) bond motifs is 2. The highest BCUT2D eigenvalue weighted by Gasteiger charge is 2.21. The maximum atomic E-state index is 13.0. The predicted octanol–water partition coefficient (Wildman–Crippen LogP) is 1.97. The predicted molar refractivity (Wildman–Crippen MR) is 126 cm³/mol. The first-order valence-electron chi connectivity index (χ1n) is 10.8. The molecule has 1 aliphatic heterocycles. The van der Waals surface area contributed by atoms with Crippen molar-refractivity contribution in [3.8, 4) is 11.5 Å². The molecule has 4 rings (SSSR count). The molecule has 0 fully saturated rings. The van der Waals surface area contributed by atoms with Gasteiger partial charge in [0.2, 0.25) is 5.95 Å². The van der Waals surface area contributed by atoms with Crippen LogP contribution in [0.25, 0.3) is 10.9 Å². The Kier molecular flexibility index (Phi) is 7.26. The van der Waals surface area contributed by atoms with E-state index in [4.69, 9.17) is 28.9 Å². The Bertz CT molecular complexity index is 1170. The third-order valence-corrected chi connectivity index (χ3v) is 5.47. The lowest BCUT2D eigenvalue weighted by atomic mass is 10.1. The molecule has 10 nitrogen and oxygen atoms in total. The second kappa shape index (κ2) is 10.5. The second-order valence-corrected chi connectivity index (χ2v) is 7.64. The number of nitrogens with one attached hydrogen (secondary N) is 2. The summed E-state index contributed by atoms with van der Waals surface area (Å²) in [4.78, 5) is 27.4. The van der Waals surface area contributed by atoms with Crippen LogP contribution in [0.4, 0.5) is 11.8 Å². The van der Waals surface area contributed by atoms with E-state index >= 15 is 0 Å². The summed E-state index contributed by atoms with van der Waals surface area (Å²) >= 11 is 0. The fourth-order valence-electron chi connectivity index (χ4n) is 3.79. The fraction of sp³-hybridized carbons (Fsp3) is 0.435. The van der Waals surface area contributed by atoms with E-state index < -0.39 is 0 Å². The van der Waals surface area contributed by atoms with Gasteiger partial charge in [-0.2, -0.15) is 0 Å². The van der Waals surface area contributed by atoms with Gasteiger partial charge in [0.05, 0.1) is 25.8 Å². The van der Waals surface area contributed by atoms with Crippen molar-refractivity contribution in [1.82, 2.24) is 15.0 Å². The molecule has 3 aromatic rings. The van der Waals surface area contributed by atoms with Crippen molar-refractivity contribution >= 4 is 22.7 Å². The molecule has 1 aromatic carbocycles. The van der Waals surface area contributed by atoms with Crippen LogP contribution < -0.4 is 25.2 Å². The first kappa shape index (κ1) is 22.8. The molecule has 0 amide bonds. The van der Waals surface area contributed by atoms with Crippen molar-refractivity contribution < 1.29 is 18.9 Å². The number of H-pyrrole nitrogens is 1. The number of methoxy groups -OCH3 is 3. The van der Waals surface area contributed by atoms with Crippen LogP contribution in [0.5, 0.6) is 11.5 Å². The molecule has 0 radical (unpaired) electrons. The molecule has 0 bridgehead atoms. The van der Waals surface area contributed by atoms with Crippen LogP contribution in [0.15, 0.2) is 29.1 Å². The van der Waals surface area contributed by atoms with Gasteiger partial charge in [-0.15, -0.1) is 0 Å². The number of nitrogens with zero attached hydrogens (tertiary/aromatic N) is 3. The maximum absolute atomic E-state index is 13.0. The molecule has 3 heterocycles. The van der Waals surface area contributed by atoms with Crippen molar-refractivity contribution in [1.29, 1.82) is 0 Å². The van der Waals surface area contributed by atoms with Crippen LogP contribution in [-0.2, 0) is 22.4 Å². The minimum Gasteiger partial charge on any atom is -0.497 e. The van der Waals surface area contributed by atoms with E-state index in [0.29, 0.717) is 67.8 Å². The molecule has 0 atom stereocenters. The fourth-order valence-corrected chi connectivity index (χ4v) is 3.79. The van der Waals surface area contributed by atoms with Crippen molar-refractivity contribution in [2.45, 2.75) is 13.0 Å². The summed E-state index contributed by atoms with van der Waals surface area (Å²) in [6.07, 6.45) is 0.750. The van der Waals surface area contributed by atoms with E-state index in [1.54, 1.807) is 33.5 Å². The van der Waals surface area contributed by atoms with Gasteiger partial charge in [0, 0.05) is 58.1 Å². The highest BCUT2D eigenvalue weighted by atomic mass is 16.5. The molecule has 2 N–H and O–H groups in total. The third kappa shape index (κ3) is 5.18. The lowest BCUT2D eigenvalue weighted by Gasteiger charge is -2.29. The summed E-state index contributed by atoms with van der Waals surface area (Å²) < 4.78 is 21.3. The summed E-state index contributed by atoms with van der Waals surface area (Å²) in [5.74, 6) is 2.34. The summed E-state index contributed by atoms with van der Waals surface area (Å²) in [5, 5.41) is 3.65. The number of hydrogen-bond donors (Lipinski definition) is 2. The minimum absolute atomic E-state index is 0.258. The molecule has 176 valence electrons. The summed E-state index contributed by atoms with van der Waals surface area (Å²) in [6.45, 7) is 3.35. The quantitative estimate of drug-likeness (QED) is 0.443. The van der Waals surface area contributed by atoms with Gasteiger partial charge in [0.1, 0.15) is 29.3 Å². The van der Waals surface area contributed by atoms with Gasteiger partial charge in [0.15, 0.2) is 0 Å². The molecule has 33 heavy (non-hydrogen) atoms. The van der Waals surface area contributed by atoms with Gasteiger partial charge >= 0.3 is 0 Å². The summed E-state index contributed by atoms with van der Waals surface area (Å²) in [7, 11) is 4.84. The van der Waals surface area contributed by atoms with E-state index in [-0.39, 0.29) is 5.56 Å². The van der Waals surface area contributed by atoms with Crippen LogP contribution in [-0.4, -0.2) is 69.2 Å². The molecule has 10 heteroatoms. The second-order valence-electron chi connectivity index (χ2n) is 7.64. The maximum Gasteiger partial charge on any atom is 0.263 e. The summed E-state index contributed by atoms with van der Waals surface area (Å²) in [5.41, 5.74) is 2.41. The van der Waals surface area contributed by atoms with E-state index in [2.05, 4.69) is 16.4 Å². The molecule has 0 unspecified atom stereocenters. The van der Waals surface area contributed by atoms with E-state index in [1.165, 1.54) is 0 Å². The molecule has 2 aromatic heterocycles. The van der Waals surface area contributed by atoms with Gasteiger partial charge in [0.25, 0.3) is 5.56 Å². The summed E-state index contributed by atoms with van der Waals surface area (Å²) in [6, 6.07) is 7.46. The van der Waals surface area contributed by atoms with Gasteiger partial charge in [-0.1, -0.05) is 6.07 Å². The molecule has 0 saturated heterocycles. The zero-order chi connectivity index (χ0) is 23.2. The topological polar surface area (TPSA) is 111 Å². The van der Waals surface area contributed by atoms with Crippen molar-refractivity contribution in [3.63, 3.8) is 0 Å². The lowest BCUT2D eigenvalue weighted by Crippen LogP contribution is -2.33. The van der Waals surface area contributed by atoms with E-state index in [9.17, 15) is 4.79 Å². The van der Waals surface area contributed by atoms with Gasteiger partial charge < -0.3 is 29.2 Å². The minimum atomic E-state index is -0.258.